The van der Waals surface area contributed by atoms with E-state index in [4.69, 9.17) is 18.2 Å². The van der Waals surface area contributed by atoms with E-state index in [0.717, 1.165) is 75.4 Å². The lowest BCUT2D eigenvalue weighted by atomic mass is 10.1. The van der Waals surface area contributed by atoms with Crippen molar-refractivity contribution in [1.82, 2.24) is 15.5 Å². The molecule has 4 rings (SSSR count). The molecule has 1 aromatic heterocycles. The number of nitrogens with zero attached hydrogens (tertiary/aromatic N) is 2. The maximum absolute atomic E-state index is 11.2. The number of aromatic amines is 1. The molecule has 2 fully saturated rings. The van der Waals surface area contributed by atoms with Crippen LogP contribution in [0.5, 0.6) is 0 Å². The molecule has 0 amide bonds. The molecule has 3 aliphatic carbocycles. The van der Waals surface area contributed by atoms with E-state index >= 15 is 0 Å². The predicted molar refractivity (Wildman–Crippen MR) is 200 cm³/mol. The highest BCUT2D eigenvalue weighted by molar-refractivity contribution is 7.80. The lowest BCUT2D eigenvalue weighted by Gasteiger charge is -2.09. The normalized spacial score (nSPS) is 15.3. The summed E-state index contributed by atoms with van der Waals surface area (Å²) in [7, 11) is 0. The molecule has 2 saturated carbocycles. The average molecular weight is 642 g/mol. The fraction of sp³-hybridized carbons (Fsp3) is 0.767. The highest BCUT2D eigenvalue weighted by Crippen LogP contribution is 2.25. The number of nitrogens with one attached hydrogen (secondary N) is 3. The smallest absolute Gasteiger partial charge is 0.151 e. The van der Waals surface area contributed by atoms with E-state index in [1.807, 2.05) is 55.4 Å². The van der Waals surface area contributed by atoms with Gasteiger partial charge in [0.25, 0.3) is 0 Å². The van der Waals surface area contributed by atoms with Gasteiger partial charge in [0.1, 0.15) is 11.6 Å². The summed E-state index contributed by atoms with van der Waals surface area (Å²) < 4.78 is 20.0. The summed E-state index contributed by atoms with van der Waals surface area (Å²) in [6.45, 7) is 20.5. The van der Waals surface area contributed by atoms with Gasteiger partial charge >= 0.3 is 0 Å². The molecule has 254 valence electrons. The number of hydrogen-bond donors (Lipinski definition) is 5. The second-order valence-electron chi connectivity index (χ2n) is 8.03. The molecule has 41 heavy (non-hydrogen) atoms. The molecule has 0 spiro atoms. The topological polar surface area (TPSA) is 151 Å². The Hall–Kier alpha value is -2.04. The first kappa shape index (κ1) is 41.1. The Kier molecular flexibility index (Phi) is 36.1. The molecular weight excluding hydrogens is 555 g/mol. The van der Waals surface area contributed by atoms with Crippen LogP contribution in [-0.2, 0) is 22.4 Å². The van der Waals surface area contributed by atoms with Crippen molar-refractivity contribution in [2.24, 2.45) is 22.6 Å². The second kappa shape index (κ2) is 36.0. The van der Waals surface area contributed by atoms with Gasteiger partial charge in [0.15, 0.2) is 5.82 Å². The summed E-state index contributed by atoms with van der Waals surface area (Å²) in [5.74, 6) is 9.87. The van der Waals surface area contributed by atoms with E-state index in [9.17, 15) is 9.59 Å². The van der Waals surface area contributed by atoms with E-state index in [1.165, 1.54) is 30.5 Å². The van der Waals surface area contributed by atoms with Gasteiger partial charge in [-0.1, -0.05) is 53.8 Å². The Labute approximate surface area is 275 Å². The number of aryl methyl sites for hydroxylation is 1. The number of carbonyl (C=O) groups is 2. The maximum Gasteiger partial charge on any atom is 0.151 e. The SMILES string of the molecule is CC.CC.CC.CCN=C=S.CCNC(=S)C1CCCC1=O.CCNc1n[nH]c2c1CCC2.NN.O=C1CCCC1.[3HH].[3HH].[3H][3H].[3H][3H].[HH].[HH].[HH]. The summed E-state index contributed by atoms with van der Waals surface area (Å²) in [5, 5.41) is 15.7. The first-order valence-electron chi connectivity index (χ1n) is 17.5. The number of hydrazine groups is 1. The third kappa shape index (κ3) is 23.2. The molecule has 1 atom stereocenters. The molecule has 0 saturated heterocycles. The van der Waals surface area contributed by atoms with Crippen LogP contribution < -0.4 is 22.3 Å². The Balaban J connectivity index is -0.0000000407. The van der Waals surface area contributed by atoms with Crippen molar-refractivity contribution in [2.45, 2.75) is 127 Å². The number of aliphatic imine (C=N–C) groups is 1. The monoisotopic (exact) mass is 642 g/mol. The molecular formula is C30H75N7O2S2. The highest BCUT2D eigenvalue weighted by Gasteiger charge is 2.27. The van der Waals surface area contributed by atoms with Gasteiger partial charge in [0.2, 0.25) is 0 Å². The molecule has 3 aliphatic rings. The van der Waals surface area contributed by atoms with Crippen LogP contribution in [-0.4, -0.2) is 51.5 Å². The number of isothiocyanates is 1. The minimum atomic E-state index is 0. The number of carbonyl (C=O) groups excluding carboxylic acids is 2. The Morgan fingerprint density at radius 3 is 1.95 bits per heavy atom. The highest BCUT2D eigenvalue weighted by atomic mass is 32.1. The van der Waals surface area contributed by atoms with Gasteiger partial charge in [-0.05, 0) is 77.9 Å². The molecule has 0 bridgehead atoms. The zero-order valence-electron chi connectivity index (χ0n) is 31.5. The van der Waals surface area contributed by atoms with Crippen molar-refractivity contribution in [3.05, 3.63) is 11.3 Å². The number of ketones is 2. The molecule has 0 radical (unpaired) electrons. The van der Waals surface area contributed by atoms with Crippen molar-refractivity contribution in [3.8, 4) is 0 Å². The van der Waals surface area contributed by atoms with E-state index in [1.54, 1.807) is 0 Å². The van der Waals surface area contributed by atoms with Crippen LogP contribution in [0, 0.1) is 5.92 Å². The summed E-state index contributed by atoms with van der Waals surface area (Å²) in [6.07, 6.45) is 10.3. The van der Waals surface area contributed by atoms with E-state index < -0.39 is 0 Å². The van der Waals surface area contributed by atoms with Gasteiger partial charge < -0.3 is 10.6 Å². The number of fused-ring (bicyclic) bond motifs is 1. The molecule has 7 N–H and O–H groups in total. The van der Waals surface area contributed by atoms with Crippen LogP contribution >= 0.6 is 24.4 Å². The van der Waals surface area contributed by atoms with Crippen LogP contribution in [0.3, 0.4) is 0 Å². The summed E-state index contributed by atoms with van der Waals surface area (Å²) in [6, 6.07) is 0. The molecule has 11 heteroatoms. The fourth-order valence-electron chi connectivity index (χ4n) is 3.86. The van der Waals surface area contributed by atoms with Crippen LogP contribution in [0.2, 0.25) is 0 Å². The Morgan fingerprint density at radius 1 is 1.00 bits per heavy atom. The second-order valence-corrected chi connectivity index (χ2v) is 8.65. The van der Waals surface area contributed by atoms with Crippen molar-refractivity contribution in [1.29, 1.82) is 0 Å². The van der Waals surface area contributed by atoms with Gasteiger partial charge in [-0.15, -0.1) is 0 Å². The molecule has 0 aliphatic heterocycles. The average Bonchev–Trinajstić information content (AvgIpc) is 3.93. The third-order valence-corrected chi connectivity index (χ3v) is 6.06. The quantitative estimate of drug-likeness (QED) is 0.0922. The predicted octanol–water partition coefficient (Wildman–Crippen LogP) is 8.48. The molecule has 1 heterocycles. The first-order valence-corrected chi connectivity index (χ1v) is 16.3. The number of H-pyrrole nitrogens is 1. The van der Waals surface area contributed by atoms with Gasteiger partial charge in [0.05, 0.1) is 16.1 Å². The van der Waals surface area contributed by atoms with Gasteiger partial charge in [-0.3, -0.25) is 26.4 Å². The molecule has 1 unspecified atom stereocenters. The number of anilines is 1. The van der Waals surface area contributed by atoms with Gasteiger partial charge in [-0.25, -0.2) is 4.99 Å². The zero-order chi connectivity index (χ0) is 36.5. The van der Waals surface area contributed by atoms with Crippen LogP contribution in [0.4, 0.5) is 5.82 Å². The van der Waals surface area contributed by atoms with Crippen molar-refractivity contribution in [3.63, 3.8) is 0 Å². The number of nitrogens with two attached hydrogens (primary N) is 2. The third-order valence-electron chi connectivity index (χ3n) is 5.51. The number of Topliss-reactive ketones (excluding diaryl/α,β-unsaturated/α-hetero) is 2. The number of rotatable bonds is 5. The van der Waals surface area contributed by atoms with Gasteiger partial charge in [-0.2, -0.15) is 5.10 Å². The number of thiocarbonyl (C=S) groups is 2. The summed E-state index contributed by atoms with van der Waals surface area (Å²) in [4.78, 5) is 25.7. The zero-order valence-corrected chi connectivity index (χ0v) is 29.1. The minimum absolute atomic E-state index is 0. The van der Waals surface area contributed by atoms with E-state index in [0.29, 0.717) is 11.6 Å². The van der Waals surface area contributed by atoms with E-state index in [-0.39, 0.29) is 13.1 Å². The minimum Gasteiger partial charge on any atom is -0.379 e. The van der Waals surface area contributed by atoms with Crippen molar-refractivity contribution >= 4 is 52.0 Å². The Morgan fingerprint density at radius 2 is 1.59 bits per heavy atom. The van der Waals surface area contributed by atoms with Crippen molar-refractivity contribution < 1.29 is 22.7 Å². The maximum atomic E-state index is 11.2. The van der Waals surface area contributed by atoms with Crippen LogP contribution in [0.25, 0.3) is 0 Å². The fourth-order valence-corrected chi connectivity index (χ4v) is 4.38. The van der Waals surface area contributed by atoms with Crippen LogP contribution in [0.15, 0.2) is 4.99 Å². The largest absolute Gasteiger partial charge is 0.379 e. The molecule has 9 nitrogen and oxygen atoms in total. The Bertz CT molecular complexity index is 837. The van der Waals surface area contributed by atoms with E-state index in [2.05, 4.69) is 61.8 Å². The van der Waals surface area contributed by atoms with Gasteiger partial charge in [0, 0.05) is 63.2 Å². The lowest BCUT2D eigenvalue weighted by molar-refractivity contribution is -0.119. The number of aromatic nitrogens is 2. The lowest BCUT2D eigenvalue weighted by Crippen LogP contribution is -2.30. The molecule has 0 aromatic carbocycles. The van der Waals surface area contributed by atoms with Crippen LogP contribution in [0.1, 0.15) is 138 Å². The summed E-state index contributed by atoms with van der Waals surface area (Å²) in [5.41, 5.74) is 2.74. The molecule has 1 aromatic rings. The summed E-state index contributed by atoms with van der Waals surface area (Å²) >= 11 is 9.29. The van der Waals surface area contributed by atoms with Crippen molar-refractivity contribution in [2.75, 3.05) is 25.0 Å². The standard InChI is InChI=1S/C8H13N3.C8H13NOS.C5H8O.C3H5NS.3C2H6.H4N2.7H2/c1-2-9-8-6-4-3-5-7(6)10-11-8;1-2-9-8(11)6-4-3-5-7(6)10;6-5-3-1-2-4-5;1-2-4-3-5;4*1-2;;;;;;;/h2-5H2,1H3,(H2,9,10,11);6H,2-5H2,1H3,(H,9,11);1-4H2;2H2,1H3;3*1-2H3;1-2H2;7*1H/i;;;;;;;;2*1+2T;2*1+2;;;. The number of hydrogen-bond acceptors (Lipinski definition) is 9. The first-order chi connectivity index (χ1) is 22.0.